The standard InChI is InChI=1S/C14H13N3O2/c1-7-4-9-6-10-12(15-14(19)16-13(10)18)17(3)11(9)5-8(7)2/h4-6H,1-3H3,(H,16,18,19). The van der Waals surface area contributed by atoms with E-state index in [0.29, 0.717) is 11.4 Å². The van der Waals surface area contributed by atoms with Gasteiger partial charge in [0, 0.05) is 12.6 Å². The van der Waals surface area contributed by atoms with Gasteiger partial charge in [-0.05, 0) is 48.6 Å². The molecule has 0 amide bonds. The molecule has 2 aliphatic heterocycles. The molecule has 96 valence electrons. The first-order valence-electron chi connectivity index (χ1n) is 5.98. The third kappa shape index (κ3) is 1.66. The number of H-pyrrole nitrogens is 1. The van der Waals surface area contributed by atoms with E-state index in [1.165, 1.54) is 0 Å². The smallest absolute Gasteiger partial charge is 0.328 e. The summed E-state index contributed by atoms with van der Waals surface area (Å²) in [4.78, 5) is 29.3. The highest BCUT2D eigenvalue weighted by Gasteiger charge is 2.15. The van der Waals surface area contributed by atoms with E-state index in [0.717, 1.165) is 22.0 Å². The van der Waals surface area contributed by atoms with E-state index >= 15 is 0 Å². The first kappa shape index (κ1) is 11.6. The number of fused-ring (bicyclic) bond motifs is 2. The second-order valence-electron chi connectivity index (χ2n) is 4.81. The van der Waals surface area contributed by atoms with Crippen LogP contribution in [-0.2, 0) is 7.05 Å². The molecule has 1 N–H and O–H groups in total. The summed E-state index contributed by atoms with van der Waals surface area (Å²) < 4.78 is 1.79. The molecule has 1 aromatic carbocycles. The Morgan fingerprint density at radius 3 is 2.53 bits per heavy atom. The van der Waals surface area contributed by atoms with E-state index in [-0.39, 0.29) is 0 Å². The van der Waals surface area contributed by atoms with Crippen LogP contribution in [0.4, 0.5) is 0 Å². The lowest BCUT2D eigenvalue weighted by molar-refractivity contribution is 0.886. The number of benzene rings is 1. The van der Waals surface area contributed by atoms with E-state index in [1.807, 2.05) is 33.0 Å². The normalized spacial score (nSPS) is 11.3. The van der Waals surface area contributed by atoms with E-state index in [4.69, 9.17) is 0 Å². The largest absolute Gasteiger partial charge is 0.349 e. The van der Waals surface area contributed by atoms with Gasteiger partial charge in [-0.2, -0.15) is 4.98 Å². The Bertz CT molecular complexity index is 890. The van der Waals surface area contributed by atoms with Gasteiger partial charge in [0.2, 0.25) is 0 Å². The number of nitrogens with one attached hydrogen (secondary N) is 1. The van der Waals surface area contributed by atoms with Gasteiger partial charge in [-0.3, -0.25) is 9.78 Å². The fourth-order valence-corrected chi connectivity index (χ4v) is 2.34. The first-order chi connectivity index (χ1) is 8.97. The Balaban J connectivity index is 2.60. The Kier molecular flexibility index (Phi) is 2.32. The molecule has 0 atom stereocenters. The van der Waals surface area contributed by atoms with Gasteiger partial charge in [-0.25, -0.2) is 4.79 Å². The predicted octanol–water partition coefficient (Wildman–Crippen LogP) is 1.34. The van der Waals surface area contributed by atoms with Gasteiger partial charge in [0.15, 0.2) is 5.82 Å². The highest BCUT2D eigenvalue weighted by molar-refractivity contribution is 5.86. The molecular formula is C14H13N3O2. The molecule has 19 heavy (non-hydrogen) atoms. The number of rotatable bonds is 0. The van der Waals surface area contributed by atoms with Gasteiger partial charge in [-0.15, -0.1) is 0 Å². The lowest BCUT2D eigenvalue weighted by Gasteiger charge is -2.14. The summed E-state index contributed by atoms with van der Waals surface area (Å²) in [5.74, 6) is 0.407. The van der Waals surface area contributed by atoms with Gasteiger partial charge < -0.3 is 4.57 Å². The highest BCUT2D eigenvalue weighted by atomic mass is 16.2. The Morgan fingerprint density at radius 2 is 1.79 bits per heavy atom. The zero-order chi connectivity index (χ0) is 13.7. The van der Waals surface area contributed by atoms with Crippen LogP contribution in [0.3, 0.4) is 0 Å². The third-order valence-corrected chi connectivity index (χ3v) is 3.54. The van der Waals surface area contributed by atoms with Crippen molar-refractivity contribution in [1.82, 2.24) is 14.5 Å². The van der Waals surface area contributed by atoms with Crippen molar-refractivity contribution < 1.29 is 0 Å². The van der Waals surface area contributed by atoms with Crippen LogP contribution in [0.2, 0.25) is 0 Å². The van der Waals surface area contributed by atoms with E-state index in [1.54, 1.807) is 10.6 Å². The maximum atomic E-state index is 11.8. The summed E-state index contributed by atoms with van der Waals surface area (Å²) in [7, 11) is 1.81. The molecule has 0 bridgehead atoms. The molecule has 1 aromatic rings. The molecule has 0 saturated carbocycles. The number of aryl methyl sites for hydroxylation is 3. The predicted molar refractivity (Wildman–Crippen MR) is 73.7 cm³/mol. The molecule has 0 aromatic heterocycles. The first-order valence-corrected chi connectivity index (χ1v) is 5.98. The fraction of sp³-hybridized carbons (Fsp3) is 0.214. The average Bonchev–Trinajstić information content (AvgIpc) is 2.34. The van der Waals surface area contributed by atoms with E-state index in [2.05, 4.69) is 9.97 Å². The van der Waals surface area contributed by atoms with Crippen LogP contribution >= 0.6 is 0 Å². The minimum Gasteiger partial charge on any atom is -0.328 e. The summed E-state index contributed by atoms with van der Waals surface area (Å²) in [6.07, 6.45) is 0. The van der Waals surface area contributed by atoms with Crippen LogP contribution in [0.5, 0.6) is 0 Å². The lowest BCUT2D eigenvalue weighted by Crippen LogP contribution is -2.27. The van der Waals surface area contributed by atoms with E-state index in [9.17, 15) is 9.59 Å². The molecular weight excluding hydrogens is 242 g/mol. The van der Waals surface area contributed by atoms with Gasteiger partial charge >= 0.3 is 5.69 Å². The molecule has 0 aliphatic carbocycles. The molecule has 0 fully saturated rings. The second-order valence-corrected chi connectivity index (χ2v) is 4.81. The van der Waals surface area contributed by atoms with Gasteiger partial charge in [-0.1, -0.05) is 0 Å². The van der Waals surface area contributed by atoms with Crippen molar-refractivity contribution in [2.75, 3.05) is 0 Å². The number of pyridine rings is 1. The van der Waals surface area contributed by atoms with Crippen LogP contribution in [0.25, 0.3) is 22.3 Å². The van der Waals surface area contributed by atoms with Crippen LogP contribution in [0, 0.1) is 13.8 Å². The molecule has 0 unspecified atom stereocenters. The van der Waals surface area contributed by atoms with Crippen molar-refractivity contribution in [3.8, 4) is 11.4 Å². The summed E-state index contributed by atoms with van der Waals surface area (Å²) >= 11 is 0. The monoisotopic (exact) mass is 255 g/mol. The Hall–Kier alpha value is -2.43. The quantitative estimate of drug-likeness (QED) is 0.616. The Morgan fingerprint density at radius 1 is 1.11 bits per heavy atom. The van der Waals surface area contributed by atoms with Crippen molar-refractivity contribution in [3.05, 3.63) is 50.2 Å². The number of aromatic nitrogens is 3. The molecule has 5 nitrogen and oxygen atoms in total. The zero-order valence-corrected chi connectivity index (χ0v) is 10.9. The lowest BCUT2D eigenvalue weighted by atomic mass is 10.0. The van der Waals surface area contributed by atoms with Gasteiger partial charge in [0.25, 0.3) is 5.56 Å². The second kappa shape index (κ2) is 3.78. The maximum absolute atomic E-state index is 11.8. The molecule has 3 rings (SSSR count). The van der Waals surface area contributed by atoms with Crippen LogP contribution < -0.4 is 11.2 Å². The van der Waals surface area contributed by atoms with Crippen molar-refractivity contribution in [3.63, 3.8) is 0 Å². The summed E-state index contributed by atoms with van der Waals surface area (Å²) in [5, 5.41) is 0.962. The van der Waals surface area contributed by atoms with Crippen molar-refractivity contribution >= 4 is 10.9 Å². The summed E-state index contributed by atoms with van der Waals surface area (Å²) in [6, 6.07) is 5.86. The SMILES string of the molecule is Cc1cc2cc3c(=O)[nH]c(=O)nc-3n(C)c2cc1C. The number of aromatic amines is 1. The van der Waals surface area contributed by atoms with Crippen molar-refractivity contribution in [1.29, 1.82) is 0 Å². The average molecular weight is 255 g/mol. The molecule has 5 heteroatoms. The van der Waals surface area contributed by atoms with Gasteiger partial charge in [0.1, 0.15) is 0 Å². The summed E-state index contributed by atoms with van der Waals surface area (Å²) in [5.41, 5.74) is 2.69. The zero-order valence-electron chi connectivity index (χ0n) is 10.9. The Labute approximate surface area is 108 Å². The maximum Gasteiger partial charge on any atom is 0.349 e. The highest BCUT2D eigenvalue weighted by Crippen LogP contribution is 2.25. The van der Waals surface area contributed by atoms with Crippen LogP contribution in [-0.4, -0.2) is 14.5 Å². The molecule has 0 saturated heterocycles. The molecule has 0 radical (unpaired) electrons. The minimum atomic E-state index is -0.615. The van der Waals surface area contributed by atoms with Crippen molar-refractivity contribution in [2.45, 2.75) is 13.8 Å². The van der Waals surface area contributed by atoms with Crippen LogP contribution in [0.15, 0.2) is 27.8 Å². The molecule has 2 heterocycles. The van der Waals surface area contributed by atoms with Crippen molar-refractivity contribution in [2.24, 2.45) is 7.05 Å². The molecule has 2 aliphatic rings. The third-order valence-electron chi connectivity index (χ3n) is 3.54. The molecule has 0 spiro atoms. The summed E-state index contributed by atoms with van der Waals surface area (Å²) in [6.45, 7) is 4.06. The fourth-order valence-electron chi connectivity index (χ4n) is 2.34. The van der Waals surface area contributed by atoms with E-state index < -0.39 is 11.2 Å². The van der Waals surface area contributed by atoms with Gasteiger partial charge in [0.05, 0.1) is 5.56 Å². The topological polar surface area (TPSA) is 67.8 Å². The van der Waals surface area contributed by atoms with Crippen LogP contribution in [0.1, 0.15) is 11.1 Å². The number of hydrogen-bond acceptors (Lipinski definition) is 3. The minimum absolute atomic E-state index is 0.397. The number of nitrogens with zero attached hydrogens (tertiary/aromatic N) is 2. The number of hydrogen-bond donors (Lipinski definition) is 1.